The summed E-state index contributed by atoms with van der Waals surface area (Å²) in [4.78, 5) is 15.9. The maximum atomic E-state index is 13.6. The van der Waals surface area contributed by atoms with E-state index in [9.17, 15) is 4.79 Å². The lowest BCUT2D eigenvalue weighted by molar-refractivity contribution is -0.169. The van der Waals surface area contributed by atoms with Crippen LogP contribution in [0.25, 0.3) is 5.57 Å². The fourth-order valence-corrected chi connectivity index (χ4v) is 5.65. The third-order valence-electron chi connectivity index (χ3n) is 7.53. The molecule has 2 aromatic rings. The molecule has 2 aliphatic heterocycles. The van der Waals surface area contributed by atoms with E-state index in [0.717, 1.165) is 43.7 Å². The molecule has 7 nitrogen and oxygen atoms in total. The minimum atomic E-state index is -0.167. The molecular weight excluding hydrogens is 446 g/mol. The molecular formula is C28H33NO6. The molecule has 35 heavy (non-hydrogen) atoms. The van der Waals surface area contributed by atoms with Crippen molar-refractivity contribution < 1.29 is 28.5 Å². The number of benzene rings is 2. The Balaban J connectivity index is 1.29. The summed E-state index contributed by atoms with van der Waals surface area (Å²) in [5.41, 5.74) is 2.56. The lowest BCUT2D eigenvalue weighted by Crippen LogP contribution is -2.56. The van der Waals surface area contributed by atoms with Gasteiger partial charge in [0.15, 0.2) is 17.3 Å². The number of ketones is 1. The van der Waals surface area contributed by atoms with Crippen LogP contribution in [-0.2, 0) is 20.7 Å². The molecule has 4 atom stereocenters. The van der Waals surface area contributed by atoms with E-state index in [0.29, 0.717) is 23.8 Å². The predicted molar refractivity (Wildman–Crippen MR) is 132 cm³/mol. The Labute approximate surface area is 206 Å². The highest BCUT2D eigenvalue weighted by molar-refractivity contribution is 6.22. The first-order valence-corrected chi connectivity index (χ1v) is 12.2. The van der Waals surface area contributed by atoms with E-state index >= 15 is 0 Å². The first kappa shape index (κ1) is 23.7. The van der Waals surface area contributed by atoms with Gasteiger partial charge < -0.3 is 23.7 Å². The smallest absolute Gasteiger partial charge is 0.173 e. The Morgan fingerprint density at radius 1 is 0.971 bits per heavy atom. The summed E-state index contributed by atoms with van der Waals surface area (Å²) in [5.74, 6) is 2.27. The molecule has 0 radical (unpaired) electrons. The number of fused-ring (bicyclic) bond motifs is 3. The number of ether oxygens (including phenoxy) is 5. The summed E-state index contributed by atoms with van der Waals surface area (Å²) in [5, 5.41) is 0. The average Bonchev–Trinajstić information content (AvgIpc) is 2.91. The van der Waals surface area contributed by atoms with E-state index < -0.39 is 0 Å². The Kier molecular flexibility index (Phi) is 6.97. The predicted octanol–water partition coefficient (Wildman–Crippen LogP) is 3.95. The fraction of sp³-hybridized carbons (Fsp3) is 0.464. The van der Waals surface area contributed by atoms with Crippen molar-refractivity contribution in [2.75, 3.05) is 41.1 Å². The van der Waals surface area contributed by atoms with E-state index in [1.165, 1.54) is 5.56 Å². The molecule has 0 bridgehead atoms. The van der Waals surface area contributed by atoms with Gasteiger partial charge in [0.05, 0.1) is 51.9 Å². The highest BCUT2D eigenvalue weighted by Gasteiger charge is 2.49. The van der Waals surface area contributed by atoms with Gasteiger partial charge in [-0.2, -0.15) is 0 Å². The lowest BCUT2D eigenvalue weighted by Gasteiger charge is -2.48. The number of para-hydroxylation sites is 1. The van der Waals surface area contributed by atoms with Crippen molar-refractivity contribution in [2.45, 2.75) is 31.5 Å². The van der Waals surface area contributed by atoms with Gasteiger partial charge in [0, 0.05) is 19.0 Å². The maximum Gasteiger partial charge on any atom is 0.173 e. The molecule has 3 aliphatic rings. The molecule has 1 saturated carbocycles. The van der Waals surface area contributed by atoms with Crippen LogP contribution in [0.15, 0.2) is 48.7 Å². The first-order valence-electron chi connectivity index (χ1n) is 12.2. The zero-order valence-corrected chi connectivity index (χ0v) is 20.6. The van der Waals surface area contributed by atoms with Crippen LogP contribution in [0, 0.1) is 11.8 Å². The number of methoxy groups -OCH3 is 3. The average molecular weight is 480 g/mol. The Hall–Kier alpha value is -3.03. The quantitative estimate of drug-likeness (QED) is 0.596. The van der Waals surface area contributed by atoms with Gasteiger partial charge in [0.25, 0.3) is 0 Å². The molecule has 186 valence electrons. The second-order valence-electron chi connectivity index (χ2n) is 9.39. The van der Waals surface area contributed by atoms with Crippen LogP contribution in [0.4, 0.5) is 0 Å². The van der Waals surface area contributed by atoms with Crippen LogP contribution in [0.1, 0.15) is 24.0 Å². The van der Waals surface area contributed by atoms with Crippen LogP contribution < -0.4 is 14.2 Å². The maximum absolute atomic E-state index is 13.6. The van der Waals surface area contributed by atoms with Crippen molar-refractivity contribution in [3.8, 4) is 17.2 Å². The fourth-order valence-electron chi connectivity index (χ4n) is 5.65. The summed E-state index contributed by atoms with van der Waals surface area (Å²) in [7, 11) is 4.90. The monoisotopic (exact) mass is 479 g/mol. The van der Waals surface area contributed by atoms with Gasteiger partial charge in [-0.05, 0) is 48.6 Å². The van der Waals surface area contributed by atoms with Gasteiger partial charge in [-0.3, -0.25) is 9.69 Å². The number of carbonyl (C=O) groups excluding carboxylic acids is 1. The molecule has 4 unspecified atom stereocenters. The minimum Gasteiger partial charge on any atom is -0.496 e. The highest BCUT2D eigenvalue weighted by atomic mass is 16.5. The number of hydrogen-bond acceptors (Lipinski definition) is 7. The van der Waals surface area contributed by atoms with E-state index in [4.69, 9.17) is 23.7 Å². The van der Waals surface area contributed by atoms with Gasteiger partial charge in [-0.15, -0.1) is 0 Å². The second-order valence-corrected chi connectivity index (χ2v) is 9.39. The summed E-state index contributed by atoms with van der Waals surface area (Å²) < 4.78 is 28.8. The van der Waals surface area contributed by atoms with Crippen molar-refractivity contribution in [3.05, 3.63) is 59.9 Å². The summed E-state index contributed by atoms with van der Waals surface area (Å²) in [6, 6.07) is 13.7. The van der Waals surface area contributed by atoms with E-state index in [2.05, 4.69) is 11.0 Å². The third-order valence-corrected chi connectivity index (χ3v) is 7.53. The molecule has 1 aliphatic carbocycles. The third kappa shape index (κ3) is 4.62. The van der Waals surface area contributed by atoms with Gasteiger partial charge in [-0.1, -0.05) is 24.3 Å². The summed E-state index contributed by atoms with van der Waals surface area (Å²) in [6.45, 7) is 2.32. The molecule has 0 N–H and O–H groups in total. The number of allylic oxidation sites excluding steroid dienone is 1. The molecule has 5 rings (SSSR count). The molecule has 2 heterocycles. The van der Waals surface area contributed by atoms with E-state index in [1.54, 1.807) is 27.6 Å². The Morgan fingerprint density at radius 2 is 1.77 bits per heavy atom. The zero-order chi connectivity index (χ0) is 24.4. The van der Waals surface area contributed by atoms with Crippen LogP contribution in [-0.4, -0.2) is 64.0 Å². The molecule has 7 heteroatoms. The molecule has 2 aromatic carbocycles. The summed E-state index contributed by atoms with van der Waals surface area (Å²) >= 11 is 0. The molecule has 0 amide bonds. The molecule has 2 fully saturated rings. The zero-order valence-electron chi connectivity index (χ0n) is 20.6. The van der Waals surface area contributed by atoms with Crippen LogP contribution >= 0.6 is 0 Å². The summed E-state index contributed by atoms with van der Waals surface area (Å²) in [6.07, 6.45) is 4.13. The topological polar surface area (TPSA) is 66.5 Å². The number of rotatable bonds is 7. The second kappa shape index (κ2) is 10.3. The van der Waals surface area contributed by atoms with Crippen LogP contribution in [0.3, 0.4) is 0 Å². The highest BCUT2D eigenvalue weighted by Crippen LogP contribution is 2.43. The van der Waals surface area contributed by atoms with Crippen molar-refractivity contribution in [2.24, 2.45) is 11.8 Å². The van der Waals surface area contributed by atoms with Crippen LogP contribution in [0.5, 0.6) is 17.2 Å². The van der Waals surface area contributed by atoms with Gasteiger partial charge >= 0.3 is 0 Å². The Bertz CT molecular complexity index is 1100. The Morgan fingerprint density at radius 3 is 2.57 bits per heavy atom. The number of hydrogen-bond donors (Lipinski definition) is 0. The van der Waals surface area contributed by atoms with E-state index in [-0.39, 0.29) is 29.8 Å². The van der Waals surface area contributed by atoms with E-state index in [1.807, 2.05) is 36.4 Å². The van der Waals surface area contributed by atoms with Gasteiger partial charge in [-0.25, -0.2) is 0 Å². The van der Waals surface area contributed by atoms with Gasteiger partial charge in [0.2, 0.25) is 0 Å². The molecule has 0 spiro atoms. The standard InChI is InChI=1S/C28H33NO6/c1-31-23-7-5-4-6-18(23)12-13-29-15-21-24(35-17-29)11-9-20-27(30)22(16-34-28(20)21)19-8-10-25(32-2)26(14-19)33-3/h4-8,10,14,16,20-21,24,28H,9,11-13,15,17H2,1-3H3. The molecule has 0 aromatic heterocycles. The van der Waals surface area contributed by atoms with Gasteiger partial charge in [0.1, 0.15) is 11.9 Å². The minimum absolute atomic E-state index is 0.127. The first-order chi connectivity index (χ1) is 17.1. The lowest BCUT2D eigenvalue weighted by atomic mass is 9.71. The number of carbonyl (C=O) groups is 1. The number of Topliss-reactive ketones (excluding diaryl/α,β-unsaturated/α-hetero) is 1. The molecule has 1 saturated heterocycles. The largest absolute Gasteiger partial charge is 0.496 e. The van der Waals surface area contributed by atoms with Crippen molar-refractivity contribution in [1.29, 1.82) is 0 Å². The number of nitrogens with zero attached hydrogens (tertiary/aromatic N) is 1. The van der Waals surface area contributed by atoms with Crippen LogP contribution in [0.2, 0.25) is 0 Å². The SMILES string of the molecule is COc1ccccc1CCN1COC2CCC3C(=O)C(c4ccc(OC)c(OC)c4)=COC3C2C1. The van der Waals surface area contributed by atoms with Crippen molar-refractivity contribution >= 4 is 11.4 Å². The normalized spacial score (nSPS) is 26.1. The van der Waals surface area contributed by atoms with Crippen molar-refractivity contribution in [1.82, 2.24) is 4.90 Å². The van der Waals surface area contributed by atoms with Crippen molar-refractivity contribution in [3.63, 3.8) is 0 Å².